The van der Waals surface area contributed by atoms with Gasteiger partial charge in [-0.05, 0) is 37.1 Å². The van der Waals surface area contributed by atoms with Crippen LogP contribution in [-0.2, 0) is 23.7 Å². The summed E-state index contributed by atoms with van der Waals surface area (Å²) < 4.78 is 57.8. The summed E-state index contributed by atoms with van der Waals surface area (Å²) in [6.45, 7) is 5.21. The quantitative estimate of drug-likeness (QED) is 0.498. The molecule has 0 unspecified atom stereocenters. The maximum atomic E-state index is 15.9. The number of benzene rings is 1. The number of hydrogen-bond donors (Lipinski definition) is 0. The van der Waals surface area contributed by atoms with E-state index in [-0.39, 0.29) is 30.0 Å². The highest BCUT2D eigenvalue weighted by Gasteiger charge is 2.38. The number of piperidine rings is 1. The van der Waals surface area contributed by atoms with Gasteiger partial charge in [-0.2, -0.15) is 13.2 Å². The fourth-order valence-electron chi connectivity index (χ4n) is 4.63. The maximum absolute atomic E-state index is 15.9. The highest BCUT2D eigenvalue weighted by Crippen LogP contribution is 2.37. The Hall–Kier alpha value is -3.30. The molecule has 1 fully saturated rings. The van der Waals surface area contributed by atoms with Gasteiger partial charge in [0.2, 0.25) is 5.91 Å². The van der Waals surface area contributed by atoms with Crippen LogP contribution in [0.2, 0.25) is 0 Å². The van der Waals surface area contributed by atoms with Crippen LogP contribution < -0.4 is 5.49 Å². The van der Waals surface area contributed by atoms with Crippen molar-refractivity contribution in [2.24, 2.45) is 12.0 Å². The van der Waals surface area contributed by atoms with Gasteiger partial charge in [-0.15, -0.1) is 0 Å². The number of halogens is 4. The van der Waals surface area contributed by atoms with Crippen LogP contribution in [0.15, 0.2) is 41.8 Å². The molecule has 4 rings (SSSR count). The molecule has 1 aliphatic heterocycles. The number of aryl methyl sites for hydroxylation is 1. The number of likely N-dealkylation sites (tertiary alicyclic amines) is 1. The van der Waals surface area contributed by atoms with Crippen molar-refractivity contribution < 1.29 is 22.4 Å². The number of hydrogen-bond acceptors (Lipinski definition) is 4. The van der Waals surface area contributed by atoms with Crippen LogP contribution in [0, 0.1) is 6.92 Å². The van der Waals surface area contributed by atoms with Crippen molar-refractivity contribution in [1.82, 2.24) is 19.4 Å². The smallest absolute Gasteiger partial charge is 0.343 e. The standard InChI is InChI=1S/C25H27F4N5O/c1-15-18(6-5-7-20(15)25(27,28)29)16(2)32-23-19-12-22(30-13-21(19)33(4)14-31-23)24(26)8-10-34(11-9-24)17(3)35/h5-7,12-14,16H,8-11H2,1-4H3/t16-/m1/s1. The lowest BCUT2D eigenvalue weighted by Gasteiger charge is -2.35. The Balaban J connectivity index is 1.78. The first-order valence-electron chi connectivity index (χ1n) is 11.4. The van der Waals surface area contributed by atoms with E-state index in [1.54, 1.807) is 48.1 Å². The van der Waals surface area contributed by atoms with Crippen molar-refractivity contribution in [2.45, 2.75) is 51.5 Å². The highest BCUT2D eigenvalue weighted by molar-refractivity contribution is 5.77. The predicted molar refractivity (Wildman–Crippen MR) is 123 cm³/mol. The van der Waals surface area contributed by atoms with Crippen molar-refractivity contribution in [1.29, 1.82) is 0 Å². The second-order valence-corrected chi connectivity index (χ2v) is 9.06. The third kappa shape index (κ3) is 4.78. The van der Waals surface area contributed by atoms with Crippen LogP contribution in [-0.4, -0.2) is 38.4 Å². The van der Waals surface area contributed by atoms with Gasteiger partial charge in [0.25, 0.3) is 0 Å². The molecule has 10 heteroatoms. The van der Waals surface area contributed by atoms with Crippen molar-refractivity contribution in [3.05, 3.63) is 64.7 Å². The summed E-state index contributed by atoms with van der Waals surface area (Å²) in [5.74, 6) is -0.0882. The summed E-state index contributed by atoms with van der Waals surface area (Å²) in [6.07, 6.45) is -1.10. The number of alkyl halides is 4. The molecule has 35 heavy (non-hydrogen) atoms. The van der Waals surface area contributed by atoms with E-state index in [0.717, 1.165) is 6.07 Å². The maximum Gasteiger partial charge on any atom is 0.416 e. The van der Waals surface area contributed by atoms with E-state index >= 15 is 4.39 Å². The average molecular weight is 490 g/mol. The summed E-state index contributed by atoms with van der Waals surface area (Å²) >= 11 is 0. The number of carbonyl (C=O) groups excluding carboxylic acids is 1. The first-order chi connectivity index (χ1) is 16.4. The van der Waals surface area contributed by atoms with E-state index in [0.29, 0.717) is 35.0 Å². The third-order valence-electron chi connectivity index (χ3n) is 6.76. The van der Waals surface area contributed by atoms with Gasteiger partial charge in [-0.25, -0.2) is 9.37 Å². The zero-order chi connectivity index (χ0) is 25.5. The van der Waals surface area contributed by atoms with Crippen molar-refractivity contribution >= 4 is 16.8 Å². The lowest BCUT2D eigenvalue weighted by Crippen LogP contribution is -2.42. The van der Waals surface area contributed by atoms with Crippen LogP contribution in [0.5, 0.6) is 0 Å². The molecule has 186 valence electrons. The minimum atomic E-state index is -4.46. The Kier molecular flexibility index (Phi) is 6.42. The molecule has 3 aromatic rings. The number of fused-ring (bicyclic) bond motifs is 1. The normalized spacial score (nSPS) is 17.6. The molecular weight excluding hydrogens is 462 g/mol. The molecule has 1 saturated heterocycles. The molecule has 3 heterocycles. The summed E-state index contributed by atoms with van der Waals surface area (Å²) in [7, 11) is 1.78. The van der Waals surface area contributed by atoms with Crippen LogP contribution in [0.3, 0.4) is 0 Å². The van der Waals surface area contributed by atoms with Crippen molar-refractivity contribution in [3.63, 3.8) is 0 Å². The molecule has 0 saturated carbocycles. The van der Waals surface area contributed by atoms with E-state index in [1.165, 1.54) is 19.9 Å². The number of carbonyl (C=O) groups is 1. The topological polar surface area (TPSA) is 63.4 Å². The second-order valence-electron chi connectivity index (χ2n) is 9.06. The molecule has 6 nitrogen and oxygen atoms in total. The lowest BCUT2D eigenvalue weighted by molar-refractivity contribution is -0.138. The molecule has 2 aromatic heterocycles. The Morgan fingerprint density at radius 3 is 2.51 bits per heavy atom. The van der Waals surface area contributed by atoms with Crippen LogP contribution in [0.4, 0.5) is 17.6 Å². The van der Waals surface area contributed by atoms with Gasteiger partial charge >= 0.3 is 6.18 Å². The molecular formula is C25H27F4N5O. The van der Waals surface area contributed by atoms with E-state index in [4.69, 9.17) is 0 Å². The van der Waals surface area contributed by atoms with Crippen LogP contribution in [0.1, 0.15) is 55.1 Å². The van der Waals surface area contributed by atoms with Crippen LogP contribution in [0.25, 0.3) is 10.9 Å². The van der Waals surface area contributed by atoms with Gasteiger partial charge in [-0.3, -0.25) is 14.8 Å². The van der Waals surface area contributed by atoms with Gasteiger partial charge < -0.3 is 9.47 Å². The number of aromatic nitrogens is 3. The molecule has 0 spiro atoms. The lowest BCUT2D eigenvalue weighted by atomic mass is 9.89. The molecule has 1 aromatic carbocycles. The Labute approximate surface area is 200 Å². The summed E-state index contributed by atoms with van der Waals surface area (Å²) in [6, 6.07) is 5.05. The Morgan fingerprint density at radius 1 is 1.20 bits per heavy atom. The zero-order valence-electron chi connectivity index (χ0n) is 20.0. The highest BCUT2D eigenvalue weighted by atomic mass is 19.4. The zero-order valence-corrected chi connectivity index (χ0v) is 20.0. The van der Waals surface area contributed by atoms with E-state index in [1.807, 2.05) is 0 Å². The first kappa shape index (κ1) is 24.8. The minimum Gasteiger partial charge on any atom is -0.343 e. The first-order valence-corrected chi connectivity index (χ1v) is 11.4. The Morgan fingerprint density at radius 2 is 1.89 bits per heavy atom. The third-order valence-corrected chi connectivity index (χ3v) is 6.76. The molecule has 1 amide bonds. The molecule has 0 aliphatic carbocycles. The molecule has 1 atom stereocenters. The van der Waals surface area contributed by atoms with Crippen LogP contribution >= 0.6 is 0 Å². The number of nitrogens with zero attached hydrogens (tertiary/aromatic N) is 5. The van der Waals surface area contributed by atoms with Crippen molar-refractivity contribution in [3.8, 4) is 0 Å². The van der Waals surface area contributed by atoms with E-state index in [2.05, 4.69) is 15.0 Å². The largest absolute Gasteiger partial charge is 0.416 e. The minimum absolute atomic E-state index is 0.0882. The summed E-state index contributed by atoms with van der Waals surface area (Å²) in [4.78, 5) is 26.6. The van der Waals surface area contributed by atoms with Gasteiger partial charge in [0.15, 0.2) is 11.2 Å². The second kappa shape index (κ2) is 9.05. The summed E-state index contributed by atoms with van der Waals surface area (Å²) in [5.41, 5.74) is -0.636. The molecule has 0 bridgehead atoms. The monoisotopic (exact) mass is 489 g/mol. The number of rotatable bonds is 3. The van der Waals surface area contributed by atoms with E-state index < -0.39 is 23.5 Å². The summed E-state index contributed by atoms with van der Waals surface area (Å²) in [5, 5.41) is 0.558. The van der Waals surface area contributed by atoms with Gasteiger partial charge in [0, 0.05) is 45.3 Å². The van der Waals surface area contributed by atoms with Gasteiger partial charge in [0.1, 0.15) is 0 Å². The number of amides is 1. The SMILES string of the molecule is CC(=O)N1CCC(F)(c2cc3c(=N[C@H](C)c4cccc(C(F)(F)F)c4C)ncn(C)c3cn2)CC1. The van der Waals surface area contributed by atoms with Crippen molar-refractivity contribution in [2.75, 3.05) is 13.1 Å². The fourth-order valence-corrected chi connectivity index (χ4v) is 4.63. The van der Waals surface area contributed by atoms with E-state index in [9.17, 15) is 18.0 Å². The number of pyridine rings is 1. The molecule has 1 aliphatic rings. The molecule has 0 N–H and O–H groups in total. The Bertz CT molecular complexity index is 1340. The predicted octanol–water partition coefficient (Wildman–Crippen LogP) is 4.76. The van der Waals surface area contributed by atoms with Gasteiger partial charge in [0.05, 0.1) is 35.3 Å². The molecule has 0 radical (unpaired) electrons. The van der Waals surface area contributed by atoms with Gasteiger partial charge in [-0.1, -0.05) is 12.1 Å². The average Bonchev–Trinajstić information content (AvgIpc) is 2.80. The fraction of sp³-hybridized carbons (Fsp3) is 0.440.